The number of aryl methyl sites for hydroxylation is 1. The Balaban J connectivity index is 1.70. The molecule has 0 saturated heterocycles. The van der Waals surface area contributed by atoms with Gasteiger partial charge >= 0.3 is 0 Å². The summed E-state index contributed by atoms with van der Waals surface area (Å²) in [6.07, 6.45) is 3.44. The molecule has 0 amide bonds. The van der Waals surface area contributed by atoms with Crippen LogP contribution in [0.15, 0.2) is 94.5 Å². The lowest BCUT2D eigenvalue weighted by atomic mass is 9.89. The maximum absolute atomic E-state index is 13.6. The third-order valence-corrected chi connectivity index (χ3v) is 11.7. The minimum absolute atomic E-state index is 0.301. The lowest BCUT2D eigenvalue weighted by molar-refractivity contribution is 0.0345. The molecule has 0 atom stereocenters. The fourth-order valence-electron chi connectivity index (χ4n) is 5.72. The van der Waals surface area contributed by atoms with Crippen LogP contribution in [0.3, 0.4) is 0 Å². The van der Waals surface area contributed by atoms with Gasteiger partial charge in [-0.15, -0.1) is 11.3 Å². The van der Waals surface area contributed by atoms with Gasteiger partial charge in [-0.3, -0.25) is 0 Å². The molecule has 6 aromatic rings. The summed E-state index contributed by atoms with van der Waals surface area (Å²) in [5.41, 5.74) is 2.40. The van der Waals surface area contributed by atoms with E-state index in [9.17, 15) is 8.42 Å². The van der Waals surface area contributed by atoms with E-state index in [2.05, 4.69) is 68.7 Å². The SMILES string of the molecule is C=Cc1c2cc3ccccc3cc2c(C#CC(CC)(CC)OC)c2cc3cc(S(=O)(=O)c4ccc(C)cc4)sc3cc12. The second-order valence-electron chi connectivity index (χ2n) is 10.7. The molecule has 0 bridgehead atoms. The number of ether oxygens (including phenoxy) is 1. The minimum Gasteiger partial charge on any atom is -0.366 e. The van der Waals surface area contributed by atoms with E-state index in [1.165, 1.54) is 11.3 Å². The van der Waals surface area contributed by atoms with E-state index in [0.29, 0.717) is 9.10 Å². The van der Waals surface area contributed by atoms with Crippen molar-refractivity contribution in [2.75, 3.05) is 7.11 Å². The standard InChI is InChI=1S/C37H32O3S2/c1-6-29-31-19-25-11-9-10-12-26(25)20-32(31)30(17-18-37(7-2,8-3)40-5)33-21-27-22-36(41-35(27)23-34(29)33)42(38,39)28-15-13-24(4)14-16-28/h6,9-16,19-23H,1,7-8H2,2-5H3. The highest BCUT2D eigenvalue weighted by Gasteiger charge is 2.24. The predicted molar refractivity (Wildman–Crippen MR) is 178 cm³/mol. The Hall–Kier alpha value is -3.95. The monoisotopic (exact) mass is 588 g/mol. The summed E-state index contributed by atoms with van der Waals surface area (Å²) in [7, 11) is -1.93. The third-order valence-electron chi connectivity index (χ3n) is 8.39. The van der Waals surface area contributed by atoms with Crippen molar-refractivity contribution in [1.82, 2.24) is 0 Å². The summed E-state index contributed by atoms with van der Waals surface area (Å²) in [6.45, 7) is 10.3. The van der Waals surface area contributed by atoms with Crippen molar-refractivity contribution in [2.45, 2.75) is 48.3 Å². The molecular formula is C37H32O3S2. The molecule has 0 saturated carbocycles. The van der Waals surface area contributed by atoms with Gasteiger partial charge in [0.2, 0.25) is 9.84 Å². The molecule has 1 heterocycles. The van der Waals surface area contributed by atoms with Gasteiger partial charge in [-0.1, -0.05) is 80.3 Å². The Labute approximate surface area is 251 Å². The molecule has 1 aromatic heterocycles. The average molecular weight is 589 g/mol. The normalized spacial score (nSPS) is 12.2. The maximum atomic E-state index is 13.6. The van der Waals surface area contributed by atoms with E-state index in [4.69, 9.17) is 4.74 Å². The first-order valence-corrected chi connectivity index (χ1v) is 16.4. The van der Waals surface area contributed by atoms with E-state index in [1.807, 2.05) is 37.3 Å². The maximum Gasteiger partial charge on any atom is 0.215 e. The molecule has 6 rings (SSSR count). The van der Waals surface area contributed by atoms with Crippen LogP contribution in [0.25, 0.3) is 48.5 Å². The summed E-state index contributed by atoms with van der Waals surface area (Å²) in [5.74, 6) is 7.03. The zero-order valence-electron chi connectivity index (χ0n) is 24.2. The van der Waals surface area contributed by atoms with E-state index >= 15 is 0 Å². The summed E-state index contributed by atoms with van der Waals surface area (Å²) in [5, 5.41) is 7.24. The predicted octanol–water partition coefficient (Wildman–Crippen LogP) is 9.70. The van der Waals surface area contributed by atoms with Gasteiger partial charge in [-0.05, 0) is 105 Å². The first kappa shape index (κ1) is 28.2. The quantitative estimate of drug-likeness (QED) is 0.144. The molecular weight excluding hydrogens is 557 g/mol. The first-order chi connectivity index (χ1) is 20.2. The fraction of sp³-hybridized carbons (Fsp3) is 0.189. The summed E-state index contributed by atoms with van der Waals surface area (Å²) >= 11 is 1.30. The first-order valence-electron chi connectivity index (χ1n) is 14.1. The molecule has 42 heavy (non-hydrogen) atoms. The molecule has 5 aromatic carbocycles. The van der Waals surface area contributed by atoms with Crippen LogP contribution in [-0.4, -0.2) is 21.1 Å². The van der Waals surface area contributed by atoms with Gasteiger partial charge in [-0.25, -0.2) is 8.42 Å². The fourth-order valence-corrected chi connectivity index (χ4v) is 8.54. The van der Waals surface area contributed by atoms with Crippen LogP contribution in [0.5, 0.6) is 0 Å². The molecule has 5 heteroatoms. The summed E-state index contributed by atoms with van der Waals surface area (Å²) < 4.78 is 34.3. The second-order valence-corrected chi connectivity index (χ2v) is 14.0. The van der Waals surface area contributed by atoms with Gasteiger partial charge in [0.25, 0.3) is 0 Å². The average Bonchev–Trinajstić information content (AvgIpc) is 3.44. The van der Waals surface area contributed by atoms with Crippen LogP contribution in [0.1, 0.15) is 43.4 Å². The van der Waals surface area contributed by atoms with Gasteiger partial charge in [0, 0.05) is 17.4 Å². The van der Waals surface area contributed by atoms with Crippen molar-refractivity contribution >= 4 is 69.7 Å². The Morgan fingerprint density at radius 3 is 2.05 bits per heavy atom. The van der Waals surface area contributed by atoms with Crippen molar-refractivity contribution in [3.63, 3.8) is 0 Å². The topological polar surface area (TPSA) is 43.4 Å². The zero-order valence-corrected chi connectivity index (χ0v) is 25.9. The van der Waals surface area contributed by atoms with E-state index in [1.54, 1.807) is 25.3 Å². The molecule has 0 aliphatic heterocycles. The summed E-state index contributed by atoms with van der Waals surface area (Å²) in [4.78, 5) is 0.301. The lowest BCUT2D eigenvalue weighted by Gasteiger charge is -2.23. The minimum atomic E-state index is -3.65. The number of fused-ring (bicyclic) bond motifs is 4. The van der Waals surface area contributed by atoms with Gasteiger partial charge in [0.05, 0.1) is 4.90 Å². The van der Waals surface area contributed by atoms with Crippen molar-refractivity contribution < 1.29 is 13.2 Å². The van der Waals surface area contributed by atoms with Gasteiger partial charge < -0.3 is 4.74 Å². The highest BCUT2D eigenvalue weighted by Crippen LogP contribution is 2.41. The molecule has 210 valence electrons. The Morgan fingerprint density at radius 2 is 1.45 bits per heavy atom. The molecule has 3 nitrogen and oxygen atoms in total. The number of rotatable bonds is 6. The lowest BCUT2D eigenvalue weighted by Crippen LogP contribution is -2.27. The molecule has 0 N–H and O–H groups in total. The number of benzene rings is 5. The van der Waals surface area contributed by atoms with Crippen LogP contribution >= 0.6 is 11.3 Å². The molecule has 0 radical (unpaired) electrons. The van der Waals surface area contributed by atoms with E-state index in [-0.39, 0.29) is 0 Å². The third kappa shape index (κ3) is 4.61. The molecule has 0 aliphatic rings. The Bertz CT molecular complexity index is 2180. The van der Waals surface area contributed by atoms with Crippen molar-refractivity contribution in [3.8, 4) is 11.8 Å². The van der Waals surface area contributed by atoms with Crippen LogP contribution in [0, 0.1) is 18.8 Å². The summed E-state index contributed by atoms with van der Waals surface area (Å²) in [6, 6.07) is 25.7. The van der Waals surface area contributed by atoms with Crippen LogP contribution in [0.2, 0.25) is 0 Å². The smallest absolute Gasteiger partial charge is 0.215 e. The number of hydrogen-bond acceptors (Lipinski definition) is 4. The highest BCUT2D eigenvalue weighted by molar-refractivity contribution is 7.93. The van der Waals surface area contributed by atoms with Crippen molar-refractivity contribution in [2.24, 2.45) is 0 Å². The van der Waals surface area contributed by atoms with E-state index < -0.39 is 15.4 Å². The highest BCUT2D eigenvalue weighted by atomic mass is 32.2. The van der Waals surface area contributed by atoms with Crippen LogP contribution in [0.4, 0.5) is 0 Å². The molecule has 0 fully saturated rings. The van der Waals surface area contributed by atoms with E-state index in [0.717, 1.165) is 71.9 Å². The molecule has 0 spiro atoms. The Morgan fingerprint density at radius 1 is 0.857 bits per heavy atom. The number of hydrogen-bond donors (Lipinski definition) is 0. The molecule has 0 unspecified atom stereocenters. The van der Waals surface area contributed by atoms with Crippen molar-refractivity contribution in [1.29, 1.82) is 0 Å². The van der Waals surface area contributed by atoms with Crippen LogP contribution in [-0.2, 0) is 14.6 Å². The Kier molecular flexibility index (Phi) is 7.19. The number of thiophene rings is 1. The number of methoxy groups -OCH3 is 1. The number of sulfone groups is 1. The molecule has 0 aliphatic carbocycles. The largest absolute Gasteiger partial charge is 0.366 e. The van der Waals surface area contributed by atoms with Crippen LogP contribution < -0.4 is 0 Å². The van der Waals surface area contributed by atoms with Gasteiger partial charge in [0.15, 0.2) is 0 Å². The zero-order chi connectivity index (χ0) is 29.6. The second kappa shape index (κ2) is 10.7. The van der Waals surface area contributed by atoms with Crippen molar-refractivity contribution in [3.05, 3.63) is 102 Å². The van der Waals surface area contributed by atoms with Gasteiger partial charge in [-0.2, -0.15) is 0 Å². The van der Waals surface area contributed by atoms with Gasteiger partial charge in [0.1, 0.15) is 9.81 Å².